The Morgan fingerprint density at radius 3 is 2.33 bits per heavy atom. The lowest BCUT2D eigenvalue weighted by molar-refractivity contribution is 0.0697. The molecule has 0 unspecified atom stereocenters. The highest BCUT2D eigenvalue weighted by molar-refractivity contribution is 5.89. The van der Waals surface area contributed by atoms with Gasteiger partial charge >= 0.3 is 5.97 Å². The van der Waals surface area contributed by atoms with Crippen molar-refractivity contribution in [1.82, 2.24) is 0 Å². The van der Waals surface area contributed by atoms with E-state index in [2.05, 4.69) is 37.9 Å². The summed E-state index contributed by atoms with van der Waals surface area (Å²) in [6.07, 6.45) is 1.69. The van der Waals surface area contributed by atoms with Crippen molar-refractivity contribution < 1.29 is 14.3 Å². The Balaban J connectivity index is 1.78. The minimum atomic E-state index is -0.936. The van der Waals surface area contributed by atoms with E-state index in [0.717, 1.165) is 16.8 Å². The predicted octanol–water partition coefficient (Wildman–Crippen LogP) is 6.00. The zero-order valence-electron chi connectivity index (χ0n) is 16.0. The molecule has 0 aliphatic carbocycles. The molecule has 0 saturated carbocycles. The Morgan fingerprint density at radius 2 is 1.74 bits per heavy atom. The van der Waals surface area contributed by atoms with Crippen LogP contribution in [0.15, 0.2) is 64.0 Å². The van der Waals surface area contributed by atoms with Crippen LogP contribution in [0.5, 0.6) is 0 Å². The number of aryl methyl sites for hydroxylation is 1. The Bertz CT molecular complexity index is 989. The summed E-state index contributed by atoms with van der Waals surface area (Å²) in [6.45, 7) is 8.41. The maximum atomic E-state index is 11.1. The van der Waals surface area contributed by atoms with Gasteiger partial charge in [-0.2, -0.15) is 0 Å². The highest BCUT2D eigenvalue weighted by atomic mass is 16.4. The molecule has 4 heteroatoms. The van der Waals surface area contributed by atoms with E-state index in [1.54, 1.807) is 24.4 Å². The van der Waals surface area contributed by atoms with Crippen LogP contribution in [-0.2, 0) is 5.41 Å². The van der Waals surface area contributed by atoms with Crippen molar-refractivity contribution in [2.45, 2.75) is 33.1 Å². The van der Waals surface area contributed by atoms with Gasteiger partial charge in [0.05, 0.1) is 17.5 Å². The first-order valence-corrected chi connectivity index (χ1v) is 8.83. The molecular formula is C23H23NO3. The van der Waals surface area contributed by atoms with E-state index in [9.17, 15) is 4.79 Å². The molecule has 0 atom stereocenters. The maximum absolute atomic E-state index is 11.1. The smallest absolute Gasteiger partial charge is 0.335 e. The molecule has 1 aromatic heterocycles. The number of aromatic carboxylic acids is 1. The van der Waals surface area contributed by atoms with Gasteiger partial charge in [0, 0.05) is 5.56 Å². The molecule has 4 nitrogen and oxygen atoms in total. The third kappa shape index (κ3) is 4.34. The van der Waals surface area contributed by atoms with Crippen molar-refractivity contribution in [3.63, 3.8) is 0 Å². The van der Waals surface area contributed by atoms with Gasteiger partial charge in [-0.1, -0.05) is 39.0 Å². The molecule has 0 bridgehead atoms. The van der Waals surface area contributed by atoms with Crippen LogP contribution in [0.4, 0.5) is 5.69 Å². The Hall–Kier alpha value is -3.14. The van der Waals surface area contributed by atoms with Gasteiger partial charge in [0.25, 0.3) is 0 Å². The first-order chi connectivity index (χ1) is 12.7. The molecule has 3 rings (SSSR count). The summed E-state index contributed by atoms with van der Waals surface area (Å²) < 4.78 is 5.85. The molecule has 138 valence electrons. The Labute approximate surface area is 159 Å². The second kappa shape index (κ2) is 7.23. The third-order valence-electron chi connectivity index (χ3n) is 4.44. The van der Waals surface area contributed by atoms with Crippen molar-refractivity contribution in [3.8, 4) is 11.3 Å². The van der Waals surface area contributed by atoms with Gasteiger partial charge in [-0.25, -0.2) is 4.79 Å². The Kier molecular flexibility index (Phi) is 5.00. The van der Waals surface area contributed by atoms with E-state index in [1.807, 2.05) is 31.2 Å². The van der Waals surface area contributed by atoms with Gasteiger partial charge < -0.3 is 9.52 Å². The highest BCUT2D eigenvalue weighted by Crippen LogP contribution is 2.27. The van der Waals surface area contributed by atoms with E-state index in [-0.39, 0.29) is 11.0 Å². The third-order valence-corrected chi connectivity index (χ3v) is 4.44. The number of carbonyl (C=O) groups is 1. The normalized spacial score (nSPS) is 11.9. The highest BCUT2D eigenvalue weighted by Gasteiger charge is 2.13. The summed E-state index contributed by atoms with van der Waals surface area (Å²) in [4.78, 5) is 15.5. The van der Waals surface area contributed by atoms with Crippen LogP contribution in [0.25, 0.3) is 11.3 Å². The zero-order valence-corrected chi connectivity index (χ0v) is 16.0. The van der Waals surface area contributed by atoms with Crippen molar-refractivity contribution in [1.29, 1.82) is 0 Å². The summed E-state index contributed by atoms with van der Waals surface area (Å²) in [5.74, 6) is 0.398. The summed E-state index contributed by atoms with van der Waals surface area (Å²) in [6, 6.07) is 16.9. The van der Waals surface area contributed by atoms with Crippen LogP contribution >= 0.6 is 0 Å². The number of hydrogen-bond acceptors (Lipinski definition) is 3. The first-order valence-electron chi connectivity index (χ1n) is 8.83. The molecule has 0 aliphatic heterocycles. The minimum absolute atomic E-state index is 0.117. The van der Waals surface area contributed by atoms with Crippen molar-refractivity contribution in [2.24, 2.45) is 4.99 Å². The van der Waals surface area contributed by atoms with Crippen molar-refractivity contribution in [3.05, 3.63) is 77.0 Å². The summed E-state index contributed by atoms with van der Waals surface area (Å²) >= 11 is 0. The molecule has 0 saturated heterocycles. The van der Waals surface area contributed by atoms with Crippen LogP contribution in [-0.4, -0.2) is 17.3 Å². The lowest BCUT2D eigenvalue weighted by atomic mass is 9.87. The topological polar surface area (TPSA) is 62.8 Å². The van der Waals surface area contributed by atoms with Gasteiger partial charge in [0.15, 0.2) is 0 Å². The number of hydrogen-bond donors (Lipinski definition) is 1. The lowest BCUT2D eigenvalue weighted by Gasteiger charge is -2.18. The van der Waals surface area contributed by atoms with Crippen molar-refractivity contribution >= 4 is 17.9 Å². The fourth-order valence-electron chi connectivity index (χ4n) is 2.83. The van der Waals surface area contributed by atoms with Crippen LogP contribution < -0.4 is 0 Å². The molecule has 0 amide bonds. The maximum Gasteiger partial charge on any atom is 0.335 e. The molecule has 0 radical (unpaired) electrons. The summed E-state index contributed by atoms with van der Waals surface area (Å²) in [7, 11) is 0. The number of carboxylic acids is 1. The molecular weight excluding hydrogens is 338 g/mol. The van der Waals surface area contributed by atoms with E-state index < -0.39 is 5.97 Å². The van der Waals surface area contributed by atoms with Crippen molar-refractivity contribution in [2.75, 3.05) is 0 Å². The number of furan rings is 1. The second-order valence-electron chi connectivity index (χ2n) is 7.59. The molecule has 0 aliphatic rings. The molecule has 1 heterocycles. The molecule has 0 fully saturated rings. The summed E-state index contributed by atoms with van der Waals surface area (Å²) in [5, 5.41) is 9.07. The van der Waals surface area contributed by atoms with E-state index >= 15 is 0 Å². The summed E-state index contributed by atoms with van der Waals surface area (Å²) in [5.41, 5.74) is 4.24. The number of nitrogens with zero attached hydrogens (tertiary/aromatic N) is 1. The average Bonchev–Trinajstić information content (AvgIpc) is 3.08. The monoisotopic (exact) mass is 361 g/mol. The predicted molar refractivity (Wildman–Crippen MR) is 108 cm³/mol. The second-order valence-corrected chi connectivity index (χ2v) is 7.59. The van der Waals surface area contributed by atoms with E-state index in [0.29, 0.717) is 11.5 Å². The Morgan fingerprint density at radius 1 is 1.04 bits per heavy atom. The van der Waals surface area contributed by atoms with Gasteiger partial charge in [0.2, 0.25) is 0 Å². The molecule has 2 aromatic carbocycles. The fourth-order valence-corrected chi connectivity index (χ4v) is 2.83. The average molecular weight is 361 g/mol. The number of aliphatic imine (C=N–C) groups is 1. The first kappa shape index (κ1) is 18.6. The lowest BCUT2D eigenvalue weighted by Crippen LogP contribution is -2.10. The standard InChI is InChI=1S/C23H23NO3/c1-15-13-16(22(25)26)5-11-20(15)21-12-10-19(27-21)14-24-18-8-6-17(7-9-18)23(2,3)4/h5-14H,1-4H3,(H,25,26). The molecule has 0 spiro atoms. The largest absolute Gasteiger partial charge is 0.478 e. The minimum Gasteiger partial charge on any atom is -0.478 e. The van der Waals surface area contributed by atoms with Gasteiger partial charge in [-0.15, -0.1) is 0 Å². The molecule has 1 N–H and O–H groups in total. The van der Waals surface area contributed by atoms with E-state index in [4.69, 9.17) is 9.52 Å². The number of benzene rings is 2. The fraction of sp³-hybridized carbons (Fsp3) is 0.217. The van der Waals surface area contributed by atoms with Crippen LogP contribution in [0, 0.1) is 6.92 Å². The quantitative estimate of drug-likeness (QED) is 0.580. The van der Waals surface area contributed by atoms with Crippen LogP contribution in [0.3, 0.4) is 0 Å². The van der Waals surface area contributed by atoms with Crippen LogP contribution in [0.2, 0.25) is 0 Å². The molecule has 27 heavy (non-hydrogen) atoms. The van der Waals surface area contributed by atoms with E-state index in [1.165, 1.54) is 5.56 Å². The van der Waals surface area contributed by atoms with Gasteiger partial charge in [0.1, 0.15) is 11.5 Å². The zero-order chi connectivity index (χ0) is 19.6. The SMILES string of the molecule is Cc1cc(C(=O)O)ccc1-c1ccc(C=Nc2ccc(C(C)(C)C)cc2)o1. The van der Waals surface area contributed by atoms with Gasteiger partial charge in [-0.3, -0.25) is 4.99 Å². The number of carboxylic acid groups (broad SMARTS) is 1. The van der Waals surface area contributed by atoms with Crippen LogP contribution in [0.1, 0.15) is 48.0 Å². The molecule has 3 aromatic rings. The van der Waals surface area contributed by atoms with Gasteiger partial charge in [-0.05, 0) is 59.9 Å². The number of rotatable bonds is 4.